The van der Waals surface area contributed by atoms with Crippen molar-refractivity contribution in [3.05, 3.63) is 27.6 Å². The average molecular weight is 321 g/mol. The minimum atomic E-state index is -0.0895. The summed E-state index contributed by atoms with van der Waals surface area (Å²) in [5.74, 6) is 0.599. The number of fused-ring (bicyclic) bond motifs is 1. The lowest BCUT2D eigenvalue weighted by atomic mass is 9.97. The van der Waals surface area contributed by atoms with Crippen molar-refractivity contribution in [2.45, 2.75) is 26.3 Å². The molecular weight excluding hydrogens is 302 g/mol. The summed E-state index contributed by atoms with van der Waals surface area (Å²) in [5.41, 5.74) is 0.682. The third-order valence-electron chi connectivity index (χ3n) is 3.94. The highest BCUT2D eigenvalue weighted by molar-refractivity contribution is 7.17. The molecule has 1 aliphatic heterocycles. The second kappa shape index (κ2) is 6.58. The number of rotatable bonds is 4. The van der Waals surface area contributed by atoms with Crippen molar-refractivity contribution in [3.8, 4) is 0 Å². The number of piperidine rings is 1. The zero-order valence-corrected chi connectivity index (χ0v) is 13.3. The molecule has 7 heteroatoms. The number of thiophene rings is 1. The molecule has 0 aromatic carbocycles. The molecule has 3 heterocycles. The fourth-order valence-electron chi connectivity index (χ4n) is 2.80. The summed E-state index contributed by atoms with van der Waals surface area (Å²) in [6, 6.07) is 1.87. The number of aromatic amines is 1. The Hall–Kier alpha value is -1.73. The van der Waals surface area contributed by atoms with Crippen LogP contribution in [-0.2, 0) is 16.1 Å². The summed E-state index contributed by atoms with van der Waals surface area (Å²) in [6.07, 6.45) is 1.59. The topological polar surface area (TPSA) is 75.3 Å². The molecule has 2 aromatic rings. The number of hydrogen-bond acceptors (Lipinski definition) is 6. The van der Waals surface area contributed by atoms with E-state index in [1.165, 1.54) is 11.3 Å². The van der Waals surface area contributed by atoms with E-state index in [1.807, 2.05) is 18.4 Å². The van der Waals surface area contributed by atoms with Crippen molar-refractivity contribution in [1.29, 1.82) is 0 Å². The van der Waals surface area contributed by atoms with Gasteiger partial charge >= 0.3 is 5.97 Å². The first-order valence-electron chi connectivity index (χ1n) is 7.52. The highest BCUT2D eigenvalue weighted by Gasteiger charge is 2.26. The Morgan fingerprint density at radius 3 is 3.00 bits per heavy atom. The lowest BCUT2D eigenvalue weighted by Crippen LogP contribution is -2.37. The summed E-state index contributed by atoms with van der Waals surface area (Å²) in [6.45, 7) is 4.50. The van der Waals surface area contributed by atoms with E-state index >= 15 is 0 Å². The maximum Gasteiger partial charge on any atom is 0.309 e. The maximum atomic E-state index is 12.0. The van der Waals surface area contributed by atoms with Crippen molar-refractivity contribution in [2.75, 3.05) is 19.7 Å². The second-order valence-corrected chi connectivity index (χ2v) is 6.37. The number of nitrogens with zero attached hydrogens (tertiary/aromatic N) is 2. The number of nitrogens with one attached hydrogen (secondary N) is 1. The lowest BCUT2D eigenvalue weighted by Gasteiger charge is -2.30. The molecule has 0 spiro atoms. The molecule has 0 radical (unpaired) electrons. The van der Waals surface area contributed by atoms with Crippen LogP contribution in [0.2, 0.25) is 0 Å². The van der Waals surface area contributed by atoms with Gasteiger partial charge in [-0.3, -0.25) is 14.5 Å². The first-order chi connectivity index (χ1) is 10.7. The van der Waals surface area contributed by atoms with E-state index in [4.69, 9.17) is 4.74 Å². The first-order valence-corrected chi connectivity index (χ1v) is 8.40. The minimum Gasteiger partial charge on any atom is -0.466 e. The van der Waals surface area contributed by atoms with E-state index in [1.54, 1.807) is 0 Å². The monoisotopic (exact) mass is 321 g/mol. The van der Waals surface area contributed by atoms with Gasteiger partial charge in [0.05, 0.1) is 24.6 Å². The molecule has 1 aliphatic rings. The van der Waals surface area contributed by atoms with Crippen LogP contribution < -0.4 is 5.56 Å². The number of likely N-dealkylation sites (tertiary alicyclic amines) is 1. The maximum absolute atomic E-state index is 12.0. The Balaban J connectivity index is 1.62. The highest BCUT2D eigenvalue weighted by Crippen LogP contribution is 2.20. The molecule has 1 fully saturated rings. The van der Waals surface area contributed by atoms with Crippen LogP contribution in [0, 0.1) is 5.92 Å². The molecule has 0 atom stereocenters. The largest absolute Gasteiger partial charge is 0.466 e. The van der Waals surface area contributed by atoms with Gasteiger partial charge in [-0.25, -0.2) is 4.98 Å². The molecule has 0 amide bonds. The number of esters is 1. The van der Waals surface area contributed by atoms with Crippen LogP contribution in [0.4, 0.5) is 0 Å². The molecular formula is C15H19N3O3S. The van der Waals surface area contributed by atoms with E-state index in [0.717, 1.165) is 31.4 Å². The van der Waals surface area contributed by atoms with E-state index < -0.39 is 0 Å². The molecule has 0 saturated carbocycles. The normalized spacial score (nSPS) is 17.0. The van der Waals surface area contributed by atoms with Gasteiger partial charge in [-0.1, -0.05) is 0 Å². The van der Waals surface area contributed by atoms with Crippen molar-refractivity contribution >= 4 is 27.5 Å². The Morgan fingerprint density at radius 2 is 2.27 bits per heavy atom. The molecule has 3 rings (SSSR count). The standard InChI is InChI=1S/C15H19N3O3S/c1-2-21-15(20)10-3-6-18(7-4-10)9-12-16-11-5-8-22-13(11)14(19)17-12/h5,8,10H,2-4,6-7,9H2,1H3,(H,16,17,19). The summed E-state index contributed by atoms with van der Waals surface area (Å²) in [7, 11) is 0. The zero-order valence-electron chi connectivity index (χ0n) is 12.5. The number of H-pyrrole nitrogens is 1. The Bertz CT molecular complexity index is 716. The van der Waals surface area contributed by atoms with Crippen molar-refractivity contribution in [1.82, 2.24) is 14.9 Å². The van der Waals surface area contributed by atoms with E-state index in [-0.39, 0.29) is 17.4 Å². The fraction of sp³-hybridized carbons (Fsp3) is 0.533. The van der Waals surface area contributed by atoms with Gasteiger partial charge in [0, 0.05) is 0 Å². The van der Waals surface area contributed by atoms with Crippen LogP contribution in [0.15, 0.2) is 16.2 Å². The number of hydrogen-bond donors (Lipinski definition) is 1. The minimum absolute atomic E-state index is 0.00237. The van der Waals surface area contributed by atoms with Crippen molar-refractivity contribution in [3.63, 3.8) is 0 Å². The SMILES string of the molecule is CCOC(=O)C1CCN(Cc2nc3ccsc3c(=O)[nH]2)CC1. The van der Waals surface area contributed by atoms with Gasteiger partial charge in [-0.05, 0) is 44.3 Å². The van der Waals surface area contributed by atoms with Gasteiger partial charge in [0.2, 0.25) is 0 Å². The highest BCUT2D eigenvalue weighted by atomic mass is 32.1. The molecule has 0 unspecified atom stereocenters. The van der Waals surface area contributed by atoms with Crippen LogP contribution in [0.3, 0.4) is 0 Å². The average Bonchev–Trinajstić information content (AvgIpc) is 2.97. The summed E-state index contributed by atoms with van der Waals surface area (Å²) < 4.78 is 5.74. The molecule has 6 nitrogen and oxygen atoms in total. The van der Waals surface area contributed by atoms with Gasteiger partial charge in [0.1, 0.15) is 10.5 Å². The van der Waals surface area contributed by atoms with Gasteiger partial charge in [-0.2, -0.15) is 0 Å². The van der Waals surface area contributed by atoms with Gasteiger partial charge in [0.25, 0.3) is 5.56 Å². The fourth-order valence-corrected chi connectivity index (χ4v) is 3.52. The predicted octanol–water partition coefficient (Wildman–Crippen LogP) is 1.76. The molecule has 1 N–H and O–H groups in total. The first kappa shape index (κ1) is 15.2. The van der Waals surface area contributed by atoms with E-state index in [0.29, 0.717) is 23.7 Å². The molecule has 0 aliphatic carbocycles. The Kier molecular flexibility index (Phi) is 4.54. The number of carbonyl (C=O) groups is 1. The third-order valence-corrected chi connectivity index (χ3v) is 4.85. The van der Waals surface area contributed by atoms with Crippen molar-refractivity contribution < 1.29 is 9.53 Å². The van der Waals surface area contributed by atoms with E-state index in [2.05, 4.69) is 14.9 Å². The van der Waals surface area contributed by atoms with E-state index in [9.17, 15) is 9.59 Å². The molecule has 118 valence electrons. The quantitative estimate of drug-likeness (QED) is 0.869. The van der Waals surface area contributed by atoms with Gasteiger partial charge in [-0.15, -0.1) is 11.3 Å². The Morgan fingerprint density at radius 1 is 1.50 bits per heavy atom. The molecule has 22 heavy (non-hydrogen) atoms. The number of carbonyl (C=O) groups excluding carboxylic acids is 1. The second-order valence-electron chi connectivity index (χ2n) is 5.45. The van der Waals surface area contributed by atoms with Gasteiger partial charge in [0.15, 0.2) is 0 Å². The summed E-state index contributed by atoms with van der Waals surface area (Å²) in [5, 5.41) is 1.88. The summed E-state index contributed by atoms with van der Waals surface area (Å²) in [4.78, 5) is 33.2. The third kappa shape index (κ3) is 3.20. The molecule has 2 aromatic heterocycles. The van der Waals surface area contributed by atoms with Crippen LogP contribution >= 0.6 is 11.3 Å². The molecule has 1 saturated heterocycles. The van der Waals surface area contributed by atoms with Crippen LogP contribution in [0.5, 0.6) is 0 Å². The number of aromatic nitrogens is 2. The van der Waals surface area contributed by atoms with Gasteiger partial charge < -0.3 is 9.72 Å². The Labute approximate surface area is 132 Å². The predicted molar refractivity (Wildman–Crippen MR) is 84.9 cm³/mol. The van der Waals surface area contributed by atoms with Crippen LogP contribution in [0.1, 0.15) is 25.6 Å². The zero-order chi connectivity index (χ0) is 15.5. The van der Waals surface area contributed by atoms with Crippen LogP contribution in [0.25, 0.3) is 10.2 Å². The smallest absolute Gasteiger partial charge is 0.309 e. The van der Waals surface area contributed by atoms with Crippen LogP contribution in [-0.4, -0.2) is 40.5 Å². The van der Waals surface area contributed by atoms with Crippen molar-refractivity contribution in [2.24, 2.45) is 5.92 Å². The number of ether oxygens (including phenoxy) is 1. The lowest BCUT2D eigenvalue weighted by molar-refractivity contribution is -0.149. The summed E-state index contributed by atoms with van der Waals surface area (Å²) >= 11 is 1.41. The molecule has 0 bridgehead atoms.